The van der Waals surface area contributed by atoms with E-state index in [9.17, 15) is 4.79 Å². The highest BCUT2D eigenvalue weighted by atomic mass is 16.1. The van der Waals surface area contributed by atoms with Gasteiger partial charge in [0.25, 0.3) is 5.91 Å². The summed E-state index contributed by atoms with van der Waals surface area (Å²) in [6.07, 6.45) is 5.12. The van der Waals surface area contributed by atoms with Gasteiger partial charge < -0.3 is 10.6 Å². The largest absolute Gasteiger partial charge is 0.364 e. The third kappa shape index (κ3) is 2.13. The van der Waals surface area contributed by atoms with E-state index in [1.165, 1.54) is 6.42 Å². The van der Waals surface area contributed by atoms with E-state index in [2.05, 4.69) is 21.8 Å². The van der Waals surface area contributed by atoms with Gasteiger partial charge in [0.2, 0.25) is 5.95 Å². The zero-order valence-corrected chi connectivity index (χ0v) is 9.39. The molecule has 2 rings (SSSR count). The van der Waals surface area contributed by atoms with E-state index in [4.69, 9.17) is 5.73 Å². The summed E-state index contributed by atoms with van der Waals surface area (Å²) in [6.45, 7) is 3.10. The van der Waals surface area contributed by atoms with Crippen molar-refractivity contribution in [3.05, 3.63) is 18.0 Å². The third-order valence-electron chi connectivity index (χ3n) is 2.96. The molecule has 1 aliphatic heterocycles. The molecule has 0 saturated carbocycles. The van der Waals surface area contributed by atoms with Gasteiger partial charge >= 0.3 is 0 Å². The van der Waals surface area contributed by atoms with Gasteiger partial charge in [0, 0.05) is 18.8 Å². The second-order valence-corrected chi connectivity index (χ2v) is 4.14. The van der Waals surface area contributed by atoms with Crippen molar-refractivity contribution in [2.45, 2.75) is 32.2 Å². The van der Waals surface area contributed by atoms with Crippen LogP contribution in [0.2, 0.25) is 0 Å². The number of piperidine rings is 1. The van der Waals surface area contributed by atoms with Crippen LogP contribution in [-0.2, 0) is 0 Å². The van der Waals surface area contributed by atoms with Gasteiger partial charge in [0.15, 0.2) is 0 Å². The average molecular weight is 220 g/mol. The number of carbonyl (C=O) groups is 1. The molecule has 5 heteroatoms. The summed E-state index contributed by atoms with van der Waals surface area (Å²) >= 11 is 0. The second kappa shape index (κ2) is 4.47. The molecule has 86 valence electrons. The van der Waals surface area contributed by atoms with Crippen molar-refractivity contribution in [1.82, 2.24) is 9.97 Å². The molecule has 2 N–H and O–H groups in total. The van der Waals surface area contributed by atoms with Crippen LogP contribution in [0.4, 0.5) is 5.95 Å². The Kier molecular flexibility index (Phi) is 3.03. The van der Waals surface area contributed by atoms with Crippen LogP contribution in [0.5, 0.6) is 0 Å². The molecular formula is C11H16N4O. The Hall–Kier alpha value is -1.65. The molecule has 2 heterocycles. The predicted octanol–water partition coefficient (Wildman–Crippen LogP) is 0.954. The first-order valence-corrected chi connectivity index (χ1v) is 5.58. The molecule has 0 radical (unpaired) electrons. The van der Waals surface area contributed by atoms with Crippen LogP contribution in [0, 0.1) is 0 Å². The molecule has 1 atom stereocenters. The zero-order chi connectivity index (χ0) is 11.5. The number of rotatable bonds is 2. The number of hydrogen-bond donors (Lipinski definition) is 1. The first-order chi connectivity index (χ1) is 7.68. The van der Waals surface area contributed by atoms with Crippen molar-refractivity contribution in [3.8, 4) is 0 Å². The molecule has 1 aliphatic rings. The molecule has 1 aromatic heterocycles. The van der Waals surface area contributed by atoms with Crippen molar-refractivity contribution < 1.29 is 4.79 Å². The van der Waals surface area contributed by atoms with Gasteiger partial charge in [-0.2, -0.15) is 0 Å². The first kappa shape index (κ1) is 10.9. The van der Waals surface area contributed by atoms with Crippen molar-refractivity contribution in [3.63, 3.8) is 0 Å². The Balaban J connectivity index is 2.25. The summed E-state index contributed by atoms with van der Waals surface area (Å²) in [7, 11) is 0. The molecule has 0 spiro atoms. The summed E-state index contributed by atoms with van der Waals surface area (Å²) in [6, 6.07) is 1.97. The van der Waals surface area contributed by atoms with Crippen LogP contribution in [0.15, 0.2) is 12.3 Å². The third-order valence-corrected chi connectivity index (χ3v) is 2.96. The maximum atomic E-state index is 11.0. The fraction of sp³-hybridized carbons (Fsp3) is 0.545. The Morgan fingerprint density at radius 3 is 3.06 bits per heavy atom. The summed E-state index contributed by atoms with van der Waals surface area (Å²) in [5.41, 5.74) is 5.48. The van der Waals surface area contributed by atoms with Gasteiger partial charge in [0.05, 0.1) is 0 Å². The summed E-state index contributed by atoms with van der Waals surface area (Å²) in [5.74, 6) is 0.108. The number of hydrogen-bond acceptors (Lipinski definition) is 4. The fourth-order valence-electron chi connectivity index (χ4n) is 2.02. The molecule has 0 aliphatic carbocycles. The van der Waals surface area contributed by atoms with Crippen LogP contribution >= 0.6 is 0 Å². The van der Waals surface area contributed by atoms with Crippen LogP contribution < -0.4 is 10.6 Å². The highest BCUT2D eigenvalue weighted by Gasteiger charge is 2.21. The Bertz CT molecular complexity index is 393. The van der Waals surface area contributed by atoms with Crippen molar-refractivity contribution >= 4 is 11.9 Å². The lowest BCUT2D eigenvalue weighted by Crippen LogP contribution is -2.38. The molecule has 1 saturated heterocycles. The van der Waals surface area contributed by atoms with Gasteiger partial charge in [-0.05, 0) is 32.3 Å². The van der Waals surface area contributed by atoms with Gasteiger partial charge in [-0.3, -0.25) is 4.79 Å². The molecule has 1 unspecified atom stereocenters. The lowest BCUT2D eigenvalue weighted by atomic mass is 10.0. The smallest absolute Gasteiger partial charge is 0.267 e. The van der Waals surface area contributed by atoms with E-state index in [1.807, 2.05) is 0 Å². The molecule has 1 aromatic rings. The topological polar surface area (TPSA) is 72.1 Å². The van der Waals surface area contributed by atoms with E-state index in [0.717, 1.165) is 19.4 Å². The van der Waals surface area contributed by atoms with Gasteiger partial charge in [-0.1, -0.05) is 0 Å². The molecule has 0 aromatic carbocycles. The summed E-state index contributed by atoms with van der Waals surface area (Å²) < 4.78 is 0. The Morgan fingerprint density at radius 1 is 1.56 bits per heavy atom. The highest BCUT2D eigenvalue weighted by Crippen LogP contribution is 2.20. The standard InChI is InChI=1S/C11H16N4O/c1-8-4-2-3-7-15(8)11-13-6-5-9(14-11)10(12)16/h5-6,8H,2-4,7H2,1H3,(H2,12,16). The normalized spacial score (nSPS) is 20.8. The first-order valence-electron chi connectivity index (χ1n) is 5.58. The predicted molar refractivity (Wildman–Crippen MR) is 61.2 cm³/mol. The number of nitrogens with zero attached hydrogens (tertiary/aromatic N) is 3. The Morgan fingerprint density at radius 2 is 2.38 bits per heavy atom. The van der Waals surface area contributed by atoms with E-state index in [1.54, 1.807) is 12.3 Å². The van der Waals surface area contributed by atoms with E-state index < -0.39 is 5.91 Å². The number of nitrogens with two attached hydrogens (primary N) is 1. The van der Waals surface area contributed by atoms with Crippen molar-refractivity contribution in [1.29, 1.82) is 0 Å². The highest BCUT2D eigenvalue weighted by molar-refractivity contribution is 5.90. The minimum absolute atomic E-state index is 0.280. The monoisotopic (exact) mass is 220 g/mol. The molecule has 16 heavy (non-hydrogen) atoms. The van der Waals surface area contributed by atoms with E-state index in [-0.39, 0.29) is 5.69 Å². The maximum Gasteiger partial charge on any atom is 0.267 e. The van der Waals surface area contributed by atoms with Crippen LogP contribution in [-0.4, -0.2) is 28.5 Å². The van der Waals surface area contributed by atoms with E-state index >= 15 is 0 Å². The quantitative estimate of drug-likeness (QED) is 0.805. The number of carbonyl (C=O) groups excluding carboxylic acids is 1. The number of primary amides is 1. The van der Waals surface area contributed by atoms with Gasteiger partial charge in [-0.25, -0.2) is 9.97 Å². The summed E-state index contributed by atoms with van der Waals surface area (Å²) in [5, 5.41) is 0. The Labute approximate surface area is 94.7 Å². The maximum absolute atomic E-state index is 11.0. The van der Waals surface area contributed by atoms with Crippen LogP contribution in [0.3, 0.4) is 0 Å². The van der Waals surface area contributed by atoms with Gasteiger partial charge in [-0.15, -0.1) is 0 Å². The molecule has 1 amide bonds. The lowest BCUT2D eigenvalue weighted by molar-refractivity contribution is 0.0995. The average Bonchev–Trinajstić information content (AvgIpc) is 2.30. The zero-order valence-electron chi connectivity index (χ0n) is 9.39. The number of anilines is 1. The van der Waals surface area contributed by atoms with Crippen molar-refractivity contribution in [2.24, 2.45) is 5.73 Å². The minimum atomic E-state index is -0.506. The SMILES string of the molecule is CC1CCCCN1c1nccc(C(N)=O)n1. The van der Waals surface area contributed by atoms with Gasteiger partial charge in [0.1, 0.15) is 5.69 Å². The fourth-order valence-corrected chi connectivity index (χ4v) is 2.02. The molecule has 1 fully saturated rings. The van der Waals surface area contributed by atoms with Crippen molar-refractivity contribution in [2.75, 3.05) is 11.4 Å². The minimum Gasteiger partial charge on any atom is -0.364 e. The van der Waals surface area contributed by atoms with Crippen LogP contribution in [0.1, 0.15) is 36.7 Å². The number of amides is 1. The molecule has 0 bridgehead atoms. The summed E-state index contributed by atoms with van der Waals surface area (Å²) in [4.78, 5) is 21.6. The molecule has 5 nitrogen and oxygen atoms in total. The lowest BCUT2D eigenvalue weighted by Gasteiger charge is -2.33. The number of aromatic nitrogens is 2. The molecular weight excluding hydrogens is 204 g/mol. The van der Waals surface area contributed by atoms with E-state index in [0.29, 0.717) is 12.0 Å². The van der Waals surface area contributed by atoms with Crippen LogP contribution in [0.25, 0.3) is 0 Å². The second-order valence-electron chi connectivity index (χ2n) is 4.14.